The van der Waals surface area contributed by atoms with E-state index in [2.05, 4.69) is 0 Å². The molecule has 7 heteroatoms. The minimum atomic E-state index is -0.449. The van der Waals surface area contributed by atoms with Gasteiger partial charge in [-0.05, 0) is 42.0 Å². The number of rotatable bonds is 4. The molecule has 1 aliphatic heterocycles. The molecular formula is C18H14Cl2N2O3. The first-order chi connectivity index (χ1) is 12.0. The van der Waals surface area contributed by atoms with E-state index in [1.54, 1.807) is 48.5 Å². The van der Waals surface area contributed by atoms with E-state index in [9.17, 15) is 14.4 Å². The zero-order chi connectivity index (χ0) is 18.0. The van der Waals surface area contributed by atoms with Crippen molar-refractivity contribution < 1.29 is 14.4 Å². The summed E-state index contributed by atoms with van der Waals surface area (Å²) in [6, 6.07) is 13.2. The normalized spacial score (nSPS) is 14.1. The van der Waals surface area contributed by atoms with Crippen LogP contribution in [0.2, 0.25) is 10.0 Å². The second kappa shape index (κ2) is 7.25. The lowest BCUT2D eigenvalue weighted by atomic mass is 10.2. The van der Waals surface area contributed by atoms with Gasteiger partial charge in [0.2, 0.25) is 11.8 Å². The molecule has 0 radical (unpaired) electrons. The van der Waals surface area contributed by atoms with Crippen molar-refractivity contribution >= 4 is 40.9 Å². The van der Waals surface area contributed by atoms with Gasteiger partial charge in [0.15, 0.2) is 0 Å². The average molecular weight is 377 g/mol. The van der Waals surface area contributed by atoms with Gasteiger partial charge in [0.05, 0.1) is 6.54 Å². The molecule has 0 N–H and O–H groups in total. The maximum absolute atomic E-state index is 12.9. The summed E-state index contributed by atoms with van der Waals surface area (Å²) in [7, 11) is 0. The van der Waals surface area contributed by atoms with Crippen LogP contribution in [0.4, 0.5) is 0 Å². The Balaban J connectivity index is 1.94. The largest absolute Gasteiger partial charge is 0.273 e. The average Bonchev–Trinajstić information content (AvgIpc) is 2.93. The molecule has 0 saturated carbocycles. The third kappa shape index (κ3) is 3.83. The fraction of sp³-hybridized carbons (Fsp3) is 0.167. The van der Waals surface area contributed by atoms with E-state index in [1.807, 2.05) is 0 Å². The van der Waals surface area contributed by atoms with Gasteiger partial charge in [-0.1, -0.05) is 35.3 Å². The number of benzene rings is 2. The molecule has 1 aliphatic rings. The lowest BCUT2D eigenvalue weighted by Crippen LogP contribution is -2.48. The fourth-order valence-electron chi connectivity index (χ4n) is 2.57. The molecule has 1 fully saturated rings. The van der Waals surface area contributed by atoms with Gasteiger partial charge in [0.1, 0.15) is 0 Å². The number of carbonyl (C=O) groups excluding carboxylic acids is 3. The zero-order valence-corrected chi connectivity index (χ0v) is 14.6. The van der Waals surface area contributed by atoms with E-state index in [0.717, 1.165) is 10.6 Å². The van der Waals surface area contributed by atoms with Crippen LogP contribution in [-0.2, 0) is 16.1 Å². The SMILES string of the molecule is O=C(c1ccc(Cl)cc1)N(Cc1ccc(Cl)cc1)N1C(=O)CCC1=O. The molecule has 0 aliphatic carbocycles. The molecule has 0 bridgehead atoms. The summed E-state index contributed by atoms with van der Waals surface area (Å²) in [5.41, 5.74) is 1.09. The van der Waals surface area contributed by atoms with Crippen molar-refractivity contribution in [3.8, 4) is 0 Å². The monoisotopic (exact) mass is 376 g/mol. The Morgan fingerprint density at radius 1 is 0.880 bits per heavy atom. The highest BCUT2D eigenvalue weighted by Crippen LogP contribution is 2.21. The van der Waals surface area contributed by atoms with E-state index in [1.165, 1.54) is 5.01 Å². The van der Waals surface area contributed by atoms with Crippen LogP contribution in [0.15, 0.2) is 48.5 Å². The molecule has 0 unspecified atom stereocenters. The predicted molar refractivity (Wildman–Crippen MR) is 93.9 cm³/mol. The molecule has 0 atom stereocenters. The smallest absolute Gasteiger partial charge is 0.273 e. The van der Waals surface area contributed by atoms with Crippen LogP contribution in [0.1, 0.15) is 28.8 Å². The standard InChI is InChI=1S/C18H14Cl2N2O3/c19-14-5-1-12(2-6-14)11-21(22-16(23)9-10-17(22)24)18(25)13-3-7-15(20)8-4-13/h1-8H,9-11H2. The second-order valence-electron chi connectivity index (χ2n) is 5.60. The lowest BCUT2D eigenvalue weighted by Gasteiger charge is -2.30. The lowest BCUT2D eigenvalue weighted by molar-refractivity contribution is -0.153. The summed E-state index contributed by atoms with van der Waals surface area (Å²) in [4.78, 5) is 37.2. The van der Waals surface area contributed by atoms with Crippen molar-refractivity contribution in [2.75, 3.05) is 0 Å². The summed E-state index contributed by atoms with van der Waals surface area (Å²) in [5.74, 6) is -1.22. The number of imide groups is 1. The Morgan fingerprint density at radius 2 is 1.36 bits per heavy atom. The van der Waals surface area contributed by atoms with Crippen LogP contribution >= 0.6 is 23.2 Å². The minimum absolute atomic E-state index is 0.0795. The second-order valence-corrected chi connectivity index (χ2v) is 6.47. The quantitative estimate of drug-likeness (QED) is 0.764. The Labute approximate surface area is 154 Å². The first kappa shape index (κ1) is 17.5. The van der Waals surface area contributed by atoms with Gasteiger partial charge in [-0.15, -0.1) is 0 Å². The molecule has 0 aromatic heterocycles. The number of hydrogen-bond donors (Lipinski definition) is 0. The summed E-state index contributed by atoms with van der Waals surface area (Å²) >= 11 is 11.7. The van der Waals surface area contributed by atoms with Gasteiger partial charge in [-0.2, -0.15) is 5.01 Å². The summed E-state index contributed by atoms with van der Waals surface area (Å²) in [6.45, 7) is 0.0795. The maximum Gasteiger partial charge on any atom is 0.273 e. The highest BCUT2D eigenvalue weighted by atomic mass is 35.5. The molecule has 128 valence electrons. The zero-order valence-electron chi connectivity index (χ0n) is 13.1. The number of hydrazine groups is 1. The molecule has 1 saturated heterocycles. The van der Waals surface area contributed by atoms with Crippen molar-refractivity contribution in [3.63, 3.8) is 0 Å². The van der Waals surface area contributed by atoms with E-state index in [4.69, 9.17) is 23.2 Å². The van der Waals surface area contributed by atoms with Gasteiger partial charge in [0.25, 0.3) is 5.91 Å². The van der Waals surface area contributed by atoms with Crippen molar-refractivity contribution in [3.05, 3.63) is 69.7 Å². The molecule has 5 nitrogen and oxygen atoms in total. The van der Waals surface area contributed by atoms with Gasteiger partial charge >= 0.3 is 0 Å². The molecular weight excluding hydrogens is 363 g/mol. The Morgan fingerprint density at radius 3 is 1.88 bits per heavy atom. The molecule has 2 aromatic rings. The van der Waals surface area contributed by atoms with E-state index in [0.29, 0.717) is 15.6 Å². The summed E-state index contributed by atoms with van der Waals surface area (Å²) < 4.78 is 0. The maximum atomic E-state index is 12.9. The molecule has 3 rings (SSSR count). The van der Waals surface area contributed by atoms with E-state index < -0.39 is 5.91 Å². The molecule has 0 spiro atoms. The number of amides is 3. The first-order valence-electron chi connectivity index (χ1n) is 7.63. The number of halogens is 2. The number of hydrogen-bond acceptors (Lipinski definition) is 3. The minimum Gasteiger partial charge on any atom is -0.273 e. The Hall–Kier alpha value is -2.37. The van der Waals surface area contributed by atoms with Crippen LogP contribution in [0, 0.1) is 0 Å². The Bertz CT molecular complexity index is 803. The highest BCUT2D eigenvalue weighted by molar-refractivity contribution is 6.30. The van der Waals surface area contributed by atoms with Crippen LogP contribution in [0.25, 0.3) is 0 Å². The third-order valence-corrected chi connectivity index (χ3v) is 4.34. The van der Waals surface area contributed by atoms with Crippen molar-refractivity contribution in [2.24, 2.45) is 0 Å². The topological polar surface area (TPSA) is 57.7 Å². The van der Waals surface area contributed by atoms with Crippen molar-refractivity contribution in [2.45, 2.75) is 19.4 Å². The van der Waals surface area contributed by atoms with Crippen LogP contribution < -0.4 is 0 Å². The first-order valence-corrected chi connectivity index (χ1v) is 8.39. The van der Waals surface area contributed by atoms with Gasteiger partial charge in [-0.25, -0.2) is 5.01 Å². The highest BCUT2D eigenvalue weighted by Gasteiger charge is 2.37. The molecule has 3 amide bonds. The van der Waals surface area contributed by atoms with E-state index in [-0.39, 0.29) is 31.2 Å². The molecule has 1 heterocycles. The van der Waals surface area contributed by atoms with Crippen LogP contribution in [0.5, 0.6) is 0 Å². The summed E-state index contributed by atoms with van der Waals surface area (Å²) in [6.07, 6.45) is 0.202. The van der Waals surface area contributed by atoms with Gasteiger partial charge < -0.3 is 0 Å². The van der Waals surface area contributed by atoms with Crippen LogP contribution in [0.3, 0.4) is 0 Å². The molecule has 2 aromatic carbocycles. The van der Waals surface area contributed by atoms with Crippen molar-refractivity contribution in [1.29, 1.82) is 0 Å². The fourth-order valence-corrected chi connectivity index (χ4v) is 2.82. The summed E-state index contributed by atoms with van der Waals surface area (Å²) in [5, 5.41) is 3.16. The van der Waals surface area contributed by atoms with Gasteiger partial charge in [-0.3, -0.25) is 14.4 Å². The van der Waals surface area contributed by atoms with Crippen LogP contribution in [-0.4, -0.2) is 27.7 Å². The number of nitrogens with zero attached hydrogens (tertiary/aromatic N) is 2. The van der Waals surface area contributed by atoms with Gasteiger partial charge in [0, 0.05) is 28.5 Å². The van der Waals surface area contributed by atoms with E-state index >= 15 is 0 Å². The number of carbonyl (C=O) groups is 3. The molecule has 25 heavy (non-hydrogen) atoms. The third-order valence-electron chi connectivity index (χ3n) is 3.84. The predicted octanol–water partition coefficient (Wildman–Crippen LogP) is 3.70. The Kier molecular flexibility index (Phi) is 5.06. The van der Waals surface area contributed by atoms with Crippen molar-refractivity contribution in [1.82, 2.24) is 10.0 Å².